The van der Waals surface area contributed by atoms with E-state index < -0.39 is 17.7 Å². The molecule has 1 N–H and O–H groups in total. The first-order valence-corrected chi connectivity index (χ1v) is 4.89. The average Bonchev–Trinajstić information content (AvgIpc) is 2.18. The van der Waals surface area contributed by atoms with Crippen LogP contribution in [-0.2, 0) is 20.4 Å². The number of nitrogens with one attached hydrogen (secondary N) is 1. The van der Waals surface area contributed by atoms with Crippen LogP contribution in [0.15, 0.2) is 12.1 Å². The Bertz CT molecular complexity index is 396. The molecule has 3 nitrogen and oxygen atoms in total. The van der Waals surface area contributed by atoms with E-state index in [0.717, 1.165) is 6.07 Å². The molecular weight excluding hydrogens is 238 g/mol. The molecule has 0 radical (unpaired) electrons. The second kappa shape index (κ2) is 4.72. The number of halogens is 2. The second-order valence-corrected chi connectivity index (χ2v) is 3.89. The summed E-state index contributed by atoms with van der Waals surface area (Å²) in [4.78, 5) is 12.5. The Morgan fingerprint density at radius 2 is 2.00 bits per heavy atom. The van der Waals surface area contributed by atoms with Gasteiger partial charge in [-0.3, -0.25) is 0 Å². The monoisotopic (exact) mass is 247 g/mol. The zero-order valence-corrected chi connectivity index (χ0v) is 9.83. The Hall–Kier alpha value is -0.936. The number of hydrogen-bond acceptors (Lipinski definition) is 1. The van der Waals surface area contributed by atoms with Crippen LogP contribution in [0.5, 0.6) is 0 Å². The predicted octanol–water partition coefficient (Wildman–Crippen LogP) is 1.23. The number of anilines is 1. The van der Waals surface area contributed by atoms with E-state index in [1.165, 1.54) is 45.5 Å². The maximum absolute atomic E-state index is 13.4. The van der Waals surface area contributed by atoms with E-state index in [2.05, 4.69) is 5.32 Å². The number of rotatable bonds is 1. The van der Waals surface area contributed by atoms with Crippen LogP contribution < -0.4 is 9.18 Å². The van der Waals surface area contributed by atoms with Gasteiger partial charge in [0.15, 0.2) is 0 Å². The van der Waals surface area contributed by atoms with Gasteiger partial charge in [0.25, 0.3) is 0 Å². The number of amides is 2. The van der Waals surface area contributed by atoms with E-state index in [1.54, 1.807) is 0 Å². The fourth-order valence-electron chi connectivity index (χ4n) is 0.876. The predicted molar refractivity (Wildman–Crippen MR) is 48.7 cm³/mol. The summed E-state index contributed by atoms with van der Waals surface area (Å²) in [6.45, 7) is 0. The average molecular weight is 247 g/mol. The van der Waals surface area contributed by atoms with Gasteiger partial charge in [-0.05, 0) is 0 Å². The van der Waals surface area contributed by atoms with Crippen molar-refractivity contribution >= 4 is 15.6 Å². The fourth-order valence-corrected chi connectivity index (χ4v) is 1.22. The van der Waals surface area contributed by atoms with Crippen molar-refractivity contribution in [2.45, 2.75) is 0 Å². The third-order valence-electron chi connectivity index (χ3n) is 1.74. The van der Waals surface area contributed by atoms with Gasteiger partial charge in [0.1, 0.15) is 0 Å². The van der Waals surface area contributed by atoms with Gasteiger partial charge >= 0.3 is 97.7 Å². The van der Waals surface area contributed by atoms with Crippen LogP contribution in [0.3, 0.4) is 0 Å². The van der Waals surface area contributed by atoms with Gasteiger partial charge in [0.2, 0.25) is 0 Å². The number of hydrogen-bond donors (Lipinski definition) is 1. The van der Waals surface area contributed by atoms with Gasteiger partial charge in [-0.25, -0.2) is 0 Å². The second-order valence-electron chi connectivity index (χ2n) is 3.11. The Kier molecular flexibility index (Phi) is 3.82. The first-order chi connectivity index (χ1) is 6.93. The summed E-state index contributed by atoms with van der Waals surface area (Å²) < 4.78 is 26.2. The van der Waals surface area contributed by atoms with Crippen LogP contribution in [0, 0.1) is 11.6 Å². The molecule has 15 heavy (non-hydrogen) atoms. The Balaban J connectivity index is 2.97. The molecule has 0 aliphatic heterocycles. The molecular formula is C9H9F2N2OTi. The topological polar surface area (TPSA) is 32.3 Å². The molecule has 0 saturated heterocycles. The van der Waals surface area contributed by atoms with Crippen molar-refractivity contribution in [2.75, 3.05) is 19.4 Å². The van der Waals surface area contributed by atoms with E-state index in [-0.39, 0.29) is 9.56 Å². The van der Waals surface area contributed by atoms with Crippen LogP contribution in [0.25, 0.3) is 0 Å². The first kappa shape index (κ1) is 12.1. The van der Waals surface area contributed by atoms with E-state index in [1.807, 2.05) is 0 Å². The van der Waals surface area contributed by atoms with E-state index in [4.69, 9.17) is 0 Å². The van der Waals surface area contributed by atoms with Gasteiger partial charge in [-0.1, -0.05) is 0 Å². The number of nitrogens with zero attached hydrogens (tertiary/aromatic N) is 1. The maximum atomic E-state index is 13.4. The summed E-state index contributed by atoms with van der Waals surface area (Å²) in [5.74, 6) is -1.37. The van der Waals surface area contributed by atoms with Crippen molar-refractivity contribution in [2.24, 2.45) is 0 Å². The van der Waals surface area contributed by atoms with Crippen LogP contribution in [0.1, 0.15) is 0 Å². The summed E-state index contributed by atoms with van der Waals surface area (Å²) in [6.07, 6.45) is 0. The molecule has 0 heterocycles. The molecule has 0 aliphatic carbocycles. The van der Waals surface area contributed by atoms with Crippen LogP contribution in [-0.4, -0.2) is 25.0 Å². The SMILES string of the molecule is CN(C)C(=O)Nc1ccc(F)[c]([Ti])c1F. The minimum atomic E-state index is -0.745. The molecule has 0 aromatic heterocycles. The zero-order chi connectivity index (χ0) is 11.6. The normalized spacial score (nSPS) is 9.80. The molecule has 0 saturated carbocycles. The van der Waals surface area contributed by atoms with E-state index >= 15 is 0 Å². The molecule has 1 aromatic rings. The van der Waals surface area contributed by atoms with Crippen molar-refractivity contribution in [3.63, 3.8) is 0 Å². The minimum absolute atomic E-state index is 0.0207. The third-order valence-corrected chi connectivity index (χ3v) is 2.45. The summed E-state index contributed by atoms with van der Waals surface area (Å²) in [6, 6.07) is 1.85. The molecule has 0 aliphatic rings. The third kappa shape index (κ3) is 2.76. The summed E-state index contributed by atoms with van der Waals surface area (Å²) in [5.41, 5.74) is -0.0207. The van der Waals surface area contributed by atoms with Gasteiger partial charge in [-0.15, -0.1) is 0 Å². The molecule has 6 heteroatoms. The number of carbonyl (C=O) groups excluding carboxylic acids is 1. The van der Waals surface area contributed by atoms with Gasteiger partial charge in [0, 0.05) is 0 Å². The van der Waals surface area contributed by atoms with Crippen molar-refractivity contribution in [1.82, 2.24) is 4.90 Å². The van der Waals surface area contributed by atoms with Gasteiger partial charge < -0.3 is 0 Å². The number of carbonyl (C=O) groups is 1. The summed E-state index contributed by atoms with van der Waals surface area (Å²) in [5, 5.41) is 2.32. The molecule has 0 atom stereocenters. The first-order valence-electron chi connectivity index (χ1n) is 4.11. The molecule has 0 fully saturated rings. The van der Waals surface area contributed by atoms with Gasteiger partial charge in [0.05, 0.1) is 0 Å². The quantitative estimate of drug-likeness (QED) is 0.744. The van der Waals surface area contributed by atoms with Crippen molar-refractivity contribution < 1.29 is 34.0 Å². The number of benzene rings is 1. The Morgan fingerprint density at radius 3 is 2.53 bits per heavy atom. The standard InChI is InChI=1S/C9H9F2N2O.Ti/c1-13(2)9(14)12-8-4-3-6(10)5-7(8)11;/h3-4H,1-2H3,(H,12,14);. The van der Waals surface area contributed by atoms with Crippen LogP contribution >= 0.6 is 0 Å². The van der Waals surface area contributed by atoms with Crippen molar-refractivity contribution in [3.8, 4) is 0 Å². The number of urea groups is 1. The summed E-state index contributed by atoms with van der Waals surface area (Å²) >= 11 is 1.32. The fraction of sp³-hybridized carbons (Fsp3) is 0.222. The Morgan fingerprint density at radius 1 is 1.40 bits per heavy atom. The molecule has 0 bridgehead atoms. The van der Waals surface area contributed by atoms with Crippen molar-refractivity contribution in [1.29, 1.82) is 0 Å². The van der Waals surface area contributed by atoms with Gasteiger partial charge in [-0.2, -0.15) is 0 Å². The molecule has 1 rings (SSSR count). The molecule has 0 unspecified atom stereocenters. The van der Waals surface area contributed by atoms with Crippen LogP contribution in [0.2, 0.25) is 0 Å². The molecule has 2 amide bonds. The molecule has 79 valence electrons. The zero-order valence-electron chi connectivity index (χ0n) is 8.27. The van der Waals surface area contributed by atoms with Crippen LogP contribution in [0.4, 0.5) is 19.3 Å². The van der Waals surface area contributed by atoms with E-state index in [0.29, 0.717) is 0 Å². The Labute approximate surface area is 97.9 Å². The molecule has 0 spiro atoms. The van der Waals surface area contributed by atoms with Crippen molar-refractivity contribution in [3.05, 3.63) is 23.8 Å². The van der Waals surface area contributed by atoms with E-state index in [9.17, 15) is 13.6 Å². The molecule has 1 aromatic carbocycles. The summed E-state index contributed by atoms with van der Waals surface area (Å²) in [7, 11) is 3.06.